The summed E-state index contributed by atoms with van der Waals surface area (Å²) < 4.78 is 10.4. The Morgan fingerprint density at radius 2 is 2.26 bits per heavy atom. The number of hydrogen-bond acceptors (Lipinski definition) is 3. The molecule has 1 heterocycles. The van der Waals surface area contributed by atoms with Crippen LogP contribution in [0.5, 0.6) is 5.75 Å². The van der Waals surface area contributed by atoms with Gasteiger partial charge in [-0.05, 0) is 30.3 Å². The molecule has 0 amide bonds. The van der Waals surface area contributed by atoms with Gasteiger partial charge in [0.05, 0.1) is 19.3 Å². The summed E-state index contributed by atoms with van der Waals surface area (Å²) in [6.45, 7) is 0. The van der Waals surface area contributed by atoms with Crippen LogP contribution in [0.1, 0.15) is 17.2 Å². The van der Waals surface area contributed by atoms with Crippen molar-refractivity contribution in [1.29, 1.82) is 0 Å². The SMILES string of the molecule is COc1ccc(Cl)cc1C(Cc1ccco1)C(=O)O. The first-order valence-corrected chi connectivity index (χ1v) is 6.08. The molecule has 1 aromatic carbocycles. The zero-order valence-electron chi connectivity index (χ0n) is 10.3. The molecule has 0 aliphatic rings. The molecule has 1 N–H and O–H groups in total. The number of aliphatic carboxylic acids is 1. The van der Waals surface area contributed by atoms with Crippen LogP contribution < -0.4 is 4.74 Å². The Morgan fingerprint density at radius 3 is 2.84 bits per heavy atom. The minimum Gasteiger partial charge on any atom is -0.496 e. The fourth-order valence-corrected chi connectivity index (χ4v) is 2.12. The van der Waals surface area contributed by atoms with Gasteiger partial charge in [0.25, 0.3) is 0 Å². The van der Waals surface area contributed by atoms with Gasteiger partial charge in [-0.1, -0.05) is 11.6 Å². The van der Waals surface area contributed by atoms with Crippen molar-refractivity contribution < 1.29 is 19.1 Å². The number of methoxy groups -OCH3 is 1. The summed E-state index contributed by atoms with van der Waals surface area (Å²) in [5.74, 6) is -0.602. The summed E-state index contributed by atoms with van der Waals surface area (Å²) >= 11 is 5.93. The van der Waals surface area contributed by atoms with Crippen LogP contribution in [0.3, 0.4) is 0 Å². The molecule has 4 nitrogen and oxygen atoms in total. The van der Waals surface area contributed by atoms with E-state index in [1.54, 1.807) is 30.3 Å². The Bertz CT molecular complexity index is 563. The van der Waals surface area contributed by atoms with E-state index in [2.05, 4.69) is 0 Å². The van der Waals surface area contributed by atoms with E-state index in [4.69, 9.17) is 20.8 Å². The van der Waals surface area contributed by atoms with E-state index < -0.39 is 11.9 Å². The molecule has 0 aliphatic carbocycles. The van der Waals surface area contributed by atoms with Gasteiger partial charge in [-0.3, -0.25) is 4.79 Å². The highest BCUT2D eigenvalue weighted by atomic mass is 35.5. The van der Waals surface area contributed by atoms with Crippen molar-refractivity contribution in [3.8, 4) is 5.75 Å². The number of carboxylic acids is 1. The van der Waals surface area contributed by atoms with Gasteiger partial charge in [0.2, 0.25) is 0 Å². The number of benzene rings is 1. The predicted molar refractivity (Wildman–Crippen MR) is 70.8 cm³/mol. The molecule has 0 spiro atoms. The Labute approximate surface area is 115 Å². The van der Waals surface area contributed by atoms with E-state index in [0.29, 0.717) is 22.1 Å². The van der Waals surface area contributed by atoms with Crippen LogP contribution in [-0.4, -0.2) is 18.2 Å². The molecule has 0 saturated heterocycles. The van der Waals surface area contributed by atoms with Gasteiger partial charge in [0.1, 0.15) is 11.5 Å². The third kappa shape index (κ3) is 3.09. The van der Waals surface area contributed by atoms with E-state index in [1.807, 2.05) is 0 Å². The van der Waals surface area contributed by atoms with Gasteiger partial charge < -0.3 is 14.3 Å². The summed E-state index contributed by atoms with van der Waals surface area (Å²) in [6.07, 6.45) is 1.77. The van der Waals surface area contributed by atoms with Gasteiger partial charge >= 0.3 is 5.97 Å². The van der Waals surface area contributed by atoms with E-state index in [9.17, 15) is 9.90 Å². The smallest absolute Gasteiger partial charge is 0.311 e. The number of halogens is 1. The summed E-state index contributed by atoms with van der Waals surface area (Å²) in [4.78, 5) is 11.5. The highest BCUT2D eigenvalue weighted by molar-refractivity contribution is 6.30. The maximum Gasteiger partial charge on any atom is 0.311 e. The average molecular weight is 281 g/mol. The van der Waals surface area contributed by atoms with Crippen LogP contribution in [0.25, 0.3) is 0 Å². The van der Waals surface area contributed by atoms with E-state index in [1.165, 1.54) is 13.4 Å². The van der Waals surface area contributed by atoms with Gasteiger partial charge in [-0.15, -0.1) is 0 Å². The zero-order valence-corrected chi connectivity index (χ0v) is 11.1. The molecule has 0 radical (unpaired) electrons. The summed E-state index contributed by atoms with van der Waals surface area (Å²) in [6, 6.07) is 8.41. The van der Waals surface area contributed by atoms with Gasteiger partial charge in [0, 0.05) is 17.0 Å². The van der Waals surface area contributed by atoms with Crippen LogP contribution in [0.2, 0.25) is 5.02 Å². The molecule has 1 atom stereocenters. The van der Waals surface area contributed by atoms with Crippen molar-refractivity contribution in [3.05, 3.63) is 52.9 Å². The molecular weight excluding hydrogens is 268 g/mol. The summed E-state index contributed by atoms with van der Waals surface area (Å²) in [7, 11) is 1.50. The van der Waals surface area contributed by atoms with E-state index >= 15 is 0 Å². The third-order valence-corrected chi connectivity index (χ3v) is 3.09. The second kappa shape index (κ2) is 5.80. The number of carbonyl (C=O) groups is 1. The number of carboxylic acid groups (broad SMARTS) is 1. The Balaban J connectivity index is 2.38. The number of hydrogen-bond donors (Lipinski definition) is 1. The largest absolute Gasteiger partial charge is 0.496 e. The second-order valence-corrected chi connectivity index (χ2v) is 4.50. The normalized spacial score (nSPS) is 12.1. The molecule has 1 aromatic heterocycles. The topological polar surface area (TPSA) is 59.7 Å². The zero-order chi connectivity index (χ0) is 13.8. The molecule has 1 unspecified atom stereocenters. The molecule has 2 aromatic rings. The lowest BCUT2D eigenvalue weighted by Crippen LogP contribution is -2.15. The van der Waals surface area contributed by atoms with Crippen molar-refractivity contribution >= 4 is 17.6 Å². The van der Waals surface area contributed by atoms with Gasteiger partial charge in [-0.2, -0.15) is 0 Å². The molecule has 19 heavy (non-hydrogen) atoms. The Kier molecular flexibility index (Phi) is 4.12. The Hall–Kier alpha value is -1.94. The van der Waals surface area contributed by atoms with Crippen molar-refractivity contribution in [1.82, 2.24) is 0 Å². The first-order chi connectivity index (χ1) is 9.11. The van der Waals surface area contributed by atoms with Crippen LogP contribution in [-0.2, 0) is 11.2 Å². The van der Waals surface area contributed by atoms with Crippen LogP contribution in [0.4, 0.5) is 0 Å². The van der Waals surface area contributed by atoms with Crippen molar-refractivity contribution in [2.24, 2.45) is 0 Å². The number of ether oxygens (including phenoxy) is 1. The molecule has 100 valence electrons. The fraction of sp³-hybridized carbons (Fsp3) is 0.214. The van der Waals surface area contributed by atoms with Gasteiger partial charge in [-0.25, -0.2) is 0 Å². The second-order valence-electron chi connectivity index (χ2n) is 4.06. The molecule has 0 aliphatic heterocycles. The first-order valence-electron chi connectivity index (χ1n) is 5.70. The maximum absolute atomic E-state index is 11.5. The molecule has 5 heteroatoms. The lowest BCUT2D eigenvalue weighted by molar-refractivity contribution is -0.138. The van der Waals surface area contributed by atoms with Crippen LogP contribution >= 0.6 is 11.6 Å². The molecule has 0 bridgehead atoms. The fourth-order valence-electron chi connectivity index (χ4n) is 1.94. The minimum atomic E-state index is -0.947. The summed E-state index contributed by atoms with van der Waals surface area (Å²) in [5, 5.41) is 9.87. The number of furan rings is 1. The maximum atomic E-state index is 11.5. The third-order valence-electron chi connectivity index (χ3n) is 2.85. The predicted octanol–water partition coefficient (Wildman–Crippen LogP) is 3.35. The molecular formula is C14H13ClO4. The Morgan fingerprint density at radius 1 is 1.47 bits per heavy atom. The van der Waals surface area contributed by atoms with Crippen LogP contribution in [0, 0.1) is 0 Å². The average Bonchev–Trinajstić information content (AvgIpc) is 2.88. The highest BCUT2D eigenvalue weighted by Crippen LogP contribution is 2.32. The minimum absolute atomic E-state index is 0.249. The highest BCUT2D eigenvalue weighted by Gasteiger charge is 2.25. The van der Waals surface area contributed by atoms with Crippen molar-refractivity contribution in [2.75, 3.05) is 7.11 Å². The van der Waals surface area contributed by atoms with Crippen molar-refractivity contribution in [2.45, 2.75) is 12.3 Å². The quantitative estimate of drug-likeness (QED) is 0.912. The summed E-state index contributed by atoms with van der Waals surface area (Å²) in [5.41, 5.74) is 0.541. The molecule has 0 fully saturated rings. The monoisotopic (exact) mass is 280 g/mol. The lowest BCUT2D eigenvalue weighted by atomic mass is 9.94. The van der Waals surface area contributed by atoms with Gasteiger partial charge in [0.15, 0.2) is 0 Å². The van der Waals surface area contributed by atoms with Crippen LogP contribution in [0.15, 0.2) is 41.0 Å². The molecule has 2 rings (SSSR count). The lowest BCUT2D eigenvalue weighted by Gasteiger charge is -2.15. The standard InChI is InChI=1S/C14H13ClO4/c1-18-13-5-4-9(15)7-11(13)12(14(16)17)8-10-3-2-6-19-10/h2-7,12H,8H2,1H3,(H,16,17). The van der Waals surface area contributed by atoms with E-state index in [-0.39, 0.29) is 6.42 Å². The number of rotatable bonds is 5. The van der Waals surface area contributed by atoms with Crippen molar-refractivity contribution in [3.63, 3.8) is 0 Å². The van der Waals surface area contributed by atoms with E-state index in [0.717, 1.165) is 0 Å². The molecule has 0 saturated carbocycles. The first kappa shape index (κ1) is 13.5.